The first-order valence-corrected chi connectivity index (χ1v) is 12.0. The first-order valence-electron chi connectivity index (χ1n) is 12.0. The van der Waals surface area contributed by atoms with E-state index in [0.29, 0.717) is 17.7 Å². The number of rotatable bonds is 13. The molecule has 36 heavy (non-hydrogen) atoms. The van der Waals surface area contributed by atoms with Crippen LogP contribution in [0.15, 0.2) is 24.3 Å². The second kappa shape index (κ2) is 14.7. The number of aliphatic hydroxyl groups excluding tert-OH is 1. The third-order valence-corrected chi connectivity index (χ3v) is 5.08. The van der Waals surface area contributed by atoms with Gasteiger partial charge >= 0.3 is 6.09 Å². The van der Waals surface area contributed by atoms with Gasteiger partial charge in [0.05, 0.1) is 6.61 Å². The van der Waals surface area contributed by atoms with E-state index in [1.807, 2.05) is 6.92 Å². The molecule has 10 heteroatoms. The highest BCUT2D eigenvalue weighted by molar-refractivity contribution is 5.92. The minimum absolute atomic E-state index is 0.116. The highest BCUT2D eigenvalue weighted by Crippen LogP contribution is 2.24. The number of hydrogen-bond donors (Lipinski definition) is 4. The number of ether oxygens (including phenoxy) is 1. The normalized spacial score (nSPS) is 12.6. The predicted molar refractivity (Wildman–Crippen MR) is 135 cm³/mol. The molecule has 1 rings (SSSR count). The number of nitrogens with two attached hydrogens (primary N) is 1. The van der Waals surface area contributed by atoms with Crippen molar-refractivity contribution in [1.29, 1.82) is 0 Å². The number of amides is 4. The maximum Gasteiger partial charge on any atom is 0.408 e. The number of benzene rings is 1. The Kier molecular flexibility index (Phi) is 12.5. The summed E-state index contributed by atoms with van der Waals surface area (Å²) in [4.78, 5) is 52.0. The number of terminal acetylenes is 1. The average molecular weight is 503 g/mol. The molecule has 0 radical (unpaired) electrons. The van der Waals surface area contributed by atoms with E-state index >= 15 is 0 Å². The summed E-state index contributed by atoms with van der Waals surface area (Å²) in [6, 6.07) is 4.21. The Morgan fingerprint density at radius 2 is 1.83 bits per heavy atom. The molecule has 0 aliphatic rings. The largest absolute Gasteiger partial charge is 0.444 e. The van der Waals surface area contributed by atoms with Gasteiger partial charge < -0.3 is 31.1 Å². The Morgan fingerprint density at radius 3 is 2.33 bits per heavy atom. The standard InChI is InChI=1S/C26H38N4O6/c1-6-8-15-28-23(33)22(19-11-9-18(7-2)10-12-19)30(16-17-31)24(34)20(13-14-21(27)32)29-25(35)36-26(3,4)5/h2,9-12,20,22,31H,6,8,13-17H2,1,3-5H3,(H2,27,32)(H,28,33)(H,29,35). The zero-order valence-electron chi connectivity index (χ0n) is 21.5. The van der Waals surface area contributed by atoms with E-state index in [0.717, 1.165) is 12.8 Å². The Balaban J connectivity index is 3.41. The highest BCUT2D eigenvalue weighted by Gasteiger charge is 2.36. The molecule has 0 aliphatic carbocycles. The number of unbranched alkanes of at least 4 members (excludes halogenated alkanes) is 1. The van der Waals surface area contributed by atoms with Crippen LogP contribution in [0, 0.1) is 12.3 Å². The van der Waals surface area contributed by atoms with Gasteiger partial charge in [0, 0.05) is 25.1 Å². The molecule has 2 atom stereocenters. The van der Waals surface area contributed by atoms with Crippen LogP contribution in [0.5, 0.6) is 0 Å². The van der Waals surface area contributed by atoms with Crippen molar-refractivity contribution in [2.45, 2.75) is 71.1 Å². The van der Waals surface area contributed by atoms with Crippen molar-refractivity contribution >= 4 is 23.8 Å². The topological polar surface area (TPSA) is 151 Å². The lowest BCUT2D eigenvalue weighted by Crippen LogP contribution is -2.54. The van der Waals surface area contributed by atoms with Crippen LogP contribution in [0.2, 0.25) is 0 Å². The fraction of sp³-hybridized carbons (Fsp3) is 0.538. The van der Waals surface area contributed by atoms with E-state index in [9.17, 15) is 24.3 Å². The maximum atomic E-state index is 13.7. The number of carbonyl (C=O) groups excluding carboxylic acids is 4. The van der Waals surface area contributed by atoms with Gasteiger partial charge in [0.15, 0.2) is 0 Å². The van der Waals surface area contributed by atoms with Crippen LogP contribution < -0.4 is 16.4 Å². The molecule has 1 aromatic carbocycles. The van der Waals surface area contributed by atoms with Crippen LogP contribution in [0.4, 0.5) is 4.79 Å². The molecule has 198 valence electrons. The van der Waals surface area contributed by atoms with Gasteiger partial charge in [-0.2, -0.15) is 0 Å². The van der Waals surface area contributed by atoms with E-state index < -0.39 is 48.1 Å². The summed E-state index contributed by atoms with van der Waals surface area (Å²) >= 11 is 0. The molecule has 2 unspecified atom stereocenters. The van der Waals surface area contributed by atoms with Crippen molar-refractivity contribution in [3.63, 3.8) is 0 Å². The number of carbonyl (C=O) groups is 4. The summed E-state index contributed by atoms with van der Waals surface area (Å²) in [5.41, 5.74) is 5.51. The van der Waals surface area contributed by atoms with Crippen LogP contribution in [-0.4, -0.2) is 65.2 Å². The van der Waals surface area contributed by atoms with E-state index in [1.54, 1.807) is 45.0 Å². The Hall–Kier alpha value is -3.58. The number of primary amides is 1. The summed E-state index contributed by atoms with van der Waals surface area (Å²) < 4.78 is 5.26. The molecule has 0 heterocycles. The van der Waals surface area contributed by atoms with Crippen molar-refractivity contribution in [2.24, 2.45) is 5.73 Å². The third kappa shape index (κ3) is 10.4. The smallest absolute Gasteiger partial charge is 0.408 e. The van der Waals surface area contributed by atoms with Gasteiger partial charge in [-0.05, 0) is 51.3 Å². The Bertz CT molecular complexity index is 933. The summed E-state index contributed by atoms with van der Waals surface area (Å²) in [5, 5.41) is 15.1. The van der Waals surface area contributed by atoms with E-state index in [2.05, 4.69) is 16.6 Å². The van der Waals surface area contributed by atoms with Crippen molar-refractivity contribution in [2.75, 3.05) is 19.7 Å². The first kappa shape index (κ1) is 30.5. The fourth-order valence-corrected chi connectivity index (χ4v) is 3.39. The van der Waals surface area contributed by atoms with Crippen LogP contribution in [-0.2, 0) is 19.1 Å². The van der Waals surface area contributed by atoms with E-state index in [1.165, 1.54) is 4.90 Å². The quantitative estimate of drug-likeness (QED) is 0.238. The van der Waals surface area contributed by atoms with Crippen LogP contribution in [0.25, 0.3) is 0 Å². The predicted octanol–water partition coefficient (Wildman–Crippen LogP) is 1.61. The molecule has 0 saturated carbocycles. The Morgan fingerprint density at radius 1 is 1.19 bits per heavy atom. The fourth-order valence-electron chi connectivity index (χ4n) is 3.39. The van der Waals surface area contributed by atoms with E-state index in [-0.39, 0.29) is 19.4 Å². The first-order chi connectivity index (χ1) is 16.9. The zero-order chi connectivity index (χ0) is 27.3. The van der Waals surface area contributed by atoms with Crippen LogP contribution in [0.3, 0.4) is 0 Å². The minimum atomic E-state index is -1.23. The molecule has 1 aromatic rings. The summed E-state index contributed by atoms with van der Waals surface area (Å²) in [6.45, 7) is 6.74. The maximum absolute atomic E-state index is 13.7. The molecular weight excluding hydrogens is 464 g/mol. The molecular formula is C26H38N4O6. The van der Waals surface area contributed by atoms with Crippen molar-refractivity contribution in [3.05, 3.63) is 35.4 Å². The lowest BCUT2D eigenvalue weighted by molar-refractivity contribution is -0.143. The minimum Gasteiger partial charge on any atom is -0.444 e. The molecule has 0 aliphatic heterocycles. The monoisotopic (exact) mass is 502 g/mol. The summed E-state index contributed by atoms with van der Waals surface area (Å²) in [5.74, 6) is 0.713. The van der Waals surface area contributed by atoms with Crippen LogP contribution >= 0.6 is 0 Å². The van der Waals surface area contributed by atoms with Crippen LogP contribution in [0.1, 0.15) is 70.5 Å². The summed E-state index contributed by atoms with van der Waals surface area (Å²) in [6.07, 6.45) is 5.87. The number of aliphatic hydroxyl groups is 1. The van der Waals surface area contributed by atoms with Gasteiger partial charge in [-0.15, -0.1) is 6.42 Å². The molecule has 0 saturated heterocycles. The Labute approximate surface area is 212 Å². The molecule has 0 bridgehead atoms. The highest BCUT2D eigenvalue weighted by atomic mass is 16.6. The van der Waals surface area contributed by atoms with Gasteiger partial charge in [-0.25, -0.2) is 4.79 Å². The molecule has 10 nitrogen and oxygen atoms in total. The molecule has 0 spiro atoms. The molecule has 4 amide bonds. The number of hydrogen-bond acceptors (Lipinski definition) is 6. The molecule has 0 aromatic heterocycles. The van der Waals surface area contributed by atoms with Gasteiger partial charge in [0.2, 0.25) is 17.7 Å². The van der Waals surface area contributed by atoms with Gasteiger partial charge in [-0.1, -0.05) is 31.4 Å². The lowest BCUT2D eigenvalue weighted by atomic mass is 10.0. The third-order valence-electron chi connectivity index (χ3n) is 5.08. The number of nitrogens with zero attached hydrogens (tertiary/aromatic N) is 1. The van der Waals surface area contributed by atoms with Crippen molar-refractivity contribution in [3.8, 4) is 12.3 Å². The summed E-state index contributed by atoms with van der Waals surface area (Å²) in [7, 11) is 0. The average Bonchev–Trinajstić information content (AvgIpc) is 2.80. The van der Waals surface area contributed by atoms with Gasteiger partial charge in [-0.3, -0.25) is 14.4 Å². The van der Waals surface area contributed by atoms with E-state index in [4.69, 9.17) is 16.9 Å². The van der Waals surface area contributed by atoms with Crippen molar-refractivity contribution in [1.82, 2.24) is 15.5 Å². The lowest BCUT2D eigenvalue weighted by Gasteiger charge is -2.34. The molecule has 0 fully saturated rings. The van der Waals surface area contributed by atoms with Gasteiger partial charge in [0.1, 0.15) is 17.7 Å². The number of alkyl carbamates (subject to hydrolysis) is 1. The SMILES string of the molecule is C#Cc1ccc(C(C(=O)NCCCC)N(CCO)C(=O)C(CCC(N)=O)NC(=O)OC(C)(C)C)cc1. The number of nitrogens with one attached hydrogen (secondary N) is 2. The second-order valence-electron chi connectivity index (χ2n) is 9.27. The second-order valence-corrected chi connectivity index (χ2v) is 9.27. The molecule has 5 N–H and O–H groups in total. The zero-order valence-corrected chi connectivity index (χ0v) is 21.5. The van der Waals surface area contributed by atoms with Crippen molar-refractivity contribution < 1.29 is 29.0 Å². The van der Waals surface area contributed by atoms with Gasteiger partial charge in [0.25, 0.3) is 0 Å².